The molecule has 0 radical (unpaired) electrons. The number of nitro groups is 1. The maximum absolute atomic E-state index is 10.9. The number of hydrogen-bond acceptors (Lipinski definition) is 4. The molecule has 6 nitrogen and oxygen atoms in total. The topological polar surface area (TPSA) is 73.0 Å². The van der Waals surface area contributed by atoms with Gasteiger partial charge in [0.2, 0.25) is 0 Å². The van der Waals surface area contributed by atoms with Gasteiger partial charge in [0, 0.05) is 18.5 Å². The normalized spacial score (nSPS) is 10.7. The zero-order valence-electron chi connectivity index (χ0n) is 11.5. The van der Waals surface area contributed by atoms with Gasteiger partial charge in [-0.3, -0.25) is 14.8 Å². The summed E-state index contributed by atoms with van der Waals surface area (Å²) in [5, 5.41) is 19.2. The number of rotatable bonds is 4. The second kappa shape index (κ2) is 5.24. The molecule has 0 unspecified atom stereocenters. The highest BCUT2D eigenvalue weighted by Crippen LogP contribution is 2.25. The first-order chi connectivity index (χ1) is 10.2. The largest absolute Gasteiger partial charge is 0.383 e. The van der Waals surface area contributed by atoms with E-state index in [4.69, 9.17) is 0 Å². The van der Waals surface area contributed by atoms with Gasteiger partial charge in [-0.15, -0.1) is 0 Å². The van der Waals surface area contributed by atoms with Crippen LogP contribution in [0.15, 0.2) is 48.7 Å². The summed E-state index contributed by atoms with van der Waals surface area (Å²) in [6, 6.07) is 13.0. The predicted octanol–water partition coefficient (Wildman–Crippen LogP) is 3.03. The average Bonchev–Trinajstić information content (AvgIpc) is 2.90. The Hall–Kier alpha value is -2.89. The summed E-state index contributed by atoms with van der Waals surface area (Å²) in [5.74, 6) is 0. The fourth-order valence-corrected chi connectivity index (χ4v) is 2.37. The average molecular weight is 282 g/mol. The Morgan fingerprint density at radius 2 is 2.10 bits per heavy atom. The zero-order valence-corrected chi connectivity index (χ0v) is 11.5. The quantitative estimate of drug-likeness (QED) is 0.589. The summed E-state index contributed by atoms with van der Waals surface area (Å²) < 4.78 is 1.88. The highest BCUT2D eigenvalue weighted by Gasteiger charge is 2.13. The molecule has 106 valence electrons. The molecule has 0 aliphatic carbocycles. The molecule has 6 heteroatoms. The minimum absolute atomic E-state index is 0.0755. The first kappa shape index (κ1) is 13.1. The Morgan fingerprint density at radius 1 is 1.29 bits per heavy atom. The van der Waals surface area contributed by atoms with Gasteiger partial charge in [0.05, 0.1) is 23.2 Å². The lowest BCUT2D eigenvalue weighted by Gasteiger charge is -2.07. The van der Waals surface area contributed by atoms with E-state index in [0.717, 1.165) is 16.5 Å². The number of nitrogens with one attached hydrogen (secondary N) is 1. The van der Waals surface area contributed by atoms with Crippen molar-refractivity contribution >= 4 is 22.3 Å². The molecule has 0 saturated carbocycles. The molecule has 0 aliphatic heterocycles. The van der Waals surface area contributed by atoms with Crippen LogP contribution in [0.25, 0.3) is 10.9 Å². The van der Waals surface area contributed by atoms with E-state index in [-0.39, 0.29) is 10.6 Å². The van der Waals surface area contributed by atoms with Gasteiger partial charge in [0.25, 0.3) is 5.69 Å². The maximum Gasteiger partial charge on any atom is 0.292 e. The van der Waals surface area contributed by atoms with E-state index in [1.165, 1.54) is 6.07 Å². The summed E-state index contributed by atoms with van der Waals surface area (Å²) in [4.78, 5) is 10.5. The Morgan fingerprint density at radius 3 is 2.86 bits per heavy atom. The van der Waals surface area contributed by atoms with Crippen molar-refractivity contribution in [2.45, 2.75) is 6.54 Å². The number of para-hydroxylation sites is 1. The molecule has 21 heavy (non-hydrogen) atoms. The summed E-state index contributed by atoms with van der Waals surface area (Å²) in [6.07, 6.45) is 1.82. The molecule has 0 saturated heterocycles. The van der Waals surface area contributed by atoms with Crippen LogP contribution in [-0.4, -0.2) is 21.8 Å². The van der Waals surface area contributed by atoms with Crippen LogP contribution in [0.3, 0.4) is 0 Å². The van der Waals surface area contributed by atoms with E-state index < -0.39 is 0 Å². The lowest BCUT2D eigenvalue weighted by Crippen LogP contribution is -2.03. The summed E-state index contributed by atoms with van der Waals surface area (Å²) in [6.45, 7) is 0.570. The minimum atomic E-state index is -0.390. The first-order valence-electron chi connectivity index (χ1n) is 6.54. The van der Waals surface area contributed by atoms with E-state index in [0.29, 0.717) is 12.2 Å². The number of benzene rings is 2. The molecule has 0 spiro atoms. The Balaban J connectivity index is 1.96. The zero-order chi connectivity index (χ0) is 14.8. The molecule has 0 aliphatic rings. The van der Waals surface area contributed by atoms with Crippen LogP contribution in [0, 0.1) is 10.1 Å². The molecule has 1 aromatic heterocycles. The third-order valence-electron chi connectivity index (χ3n) is 3.41. The van der Waals surface area contributed by atoms with Crippen molar-refractivity contribution in [3.63, 3.8) is 0 Å². The molecule has 1 N–H and O–H groups in total. The number of aromatic nitrogens is 2. The molecule has 1 heterocycles. The molecule has 3 rings (SSSR count). The van der Waals surface area contributed by atoms with E-state index >= 15 is 0 Å². The fourth-order valence-electron chi connectivity index (χ4n) is 2.37. The lowest BCUT2D eigenvalue weighted by atomic mass is 10.1. The Bertz CT molecular complexity index is 810. The second-order valence-electron chi connectivity index (χ2n) is 4.72. The first-order valence-corrected chi connectivity index (χ1v) is 6.54. The van der Waals surface area contributed by atoms with Crippen LogP contribution in [0.4, 0.5) is 11.4 Å². The van der Waals surface area contributed by atoms with Crippen LogP contribution in [0.5, 0.6) is 0 Å². The molecular weight excluding hydrogens is 268 g/mol. The van der Waals surface area contributed by atoms with Crippen molar-refractivity contribution in [2.75, 3.05) is 12.4 Å². The lowest BCUT2D eigenvalue weighted by molar-refractivity contribution is -0.383. The second-order valence-corrected chi connectivity index (χ2v) is 4.72. The van der Waals surface area contributed by atoms with Gasteiger partial charge in [-0.05, 0) is 17.7 Å². The van der Waals surface area contributed by atoms with E-state index in [1.807, 2.05) is 35.1 Å². The Labute approximate surface area is 121 Å². The highest BCUT2D eigenvalue weighted by molar-refractivity contribution is 5.78. The number of hydrogen-bond donors (Lipinski definition) is 1. The maximum atomic E-state index is 10.9. The predicted molar refractivity (Wildman–Crippen MR) is 81.5 cm³/mol. The molecule has 0 fully saturated rings. The molecule has 0 amide bonds. The van der Waals surface area contributed by atoms with Crippen LogP contribution in [0.2, 0.25) is 0 Å². The Kier molecular flexibility index (Phi) is 3.27. The number of nitro benzene ring substituents is 1. The third-order valence-corrected chi connectivity index (χ3v) is 3.41. The van der Waals surface area contributed by atoms with Crippen LogP contribution >= 0.6 is 0 Å². The van der Waals surface area contributed by atoms with Crippen molar-refractivity contribution in [1.29, 1.82) is 0 Å². The van der Waals surface area contributed by atoms with Gasteiger partial charge in [0.1, 0.15) is 5.69 Å². The van der Waals surface area contributed by atoms with Gasteiger partial charge >= 0.3 is 0 Å². The van der Waals surface area contributed by atoms with Gasteiger partial charge in [-0.2, -0.15) is 5.10 Å². The highest BCUT2D eigenvalue weighted by atomic mass is 16.6. The van der Waals surface area contributed by atoms with Crippen LogP contribution in [0.1, 0.15) is 5.56 Å². The third kappa shape index (κ3) is 2.43. The van der Waals surface area contributed by atoms with E-state index in [9.17, 15) is 10.1 Å². The standard InChI is InChI=1S/C15H14N4O2/c1-16-13-8-11(6-7-15(13)19(20)21)10-18-14-5-3-2-4-12(14)9-17-18/h2-9,16H,10H2,1H3. The molecular formula is C15H14N4O2. The fraction of sp³-hybridized carbons (Fsp3) is 0.133. The molecule has 3 aromatic rings. The van der Waals surface area contributed by atoms with Crippen LogP contribution < -0.4 is 5.32 Å². The molecule has 2 aromatic carbocycles. The van der Waals surface area contributed by atoms with Crippen molar-refractivity contribution in [3.8, 4) is 0 Å². The molecule has 0 atom stereocenters. The number of fused-ring (bicyclic) bond motifs is 1. The van der Waals surface area contributed by atoms with Crippen molar-refractivity contribution < 1.29 is 4.92 Å². The van der Waals surface area contributed by atoms with Gasteiger partial charge in [0.15, 0.2) is 0 Å². The van der Waals surface area contributed by atoms with Crippen molar-refractivity contribution in [3.05, 3.63) is 64.3 Å². The smallest absolute Gasteiger partial charge is 0.292 e. The monoisotopic (exact) mass is 282 g/mol. The van der Waals surface area contributed by atoms with Gasteiger partial charge < -0.3 is 5.32 Å². The van der Waals surface area contributed by atoms with Gasteiger partial charge in [-0.25, -0.2) is 0 Å². The summed E-state index contributed by atoms with van der Waals surface area (Å²) in [7, 11) is 1.68. The minimum Gasteiger partial charge on any atom is -0.383 e. The van der Waals surface area contributed by atoms with Crippen molar-refractivity contribution in [2.24, 2.45) is 0 Å². The summed E-state index contributed by atoms with van der Waals surface area (Å²) in [5.41, 5.74) is 2.58. The SMILES string of the molecule is CNc1cc(Cn2ncc3ccccc32)ccc1[N+](=O)[O-]. The van der Waals surface area contributed by atoms with Crippen LogP contribution in [-0.2, 0) is 6.54 Å². The molecule has 0 bridgehead atoms. The number of anilines is 1. The summed E-state index contributed by atoms with van der Waals surface area (Å²) >= 11 is 0. The van der Waals surface area contributed by atoms with Crippen molar-refractivity contribution in [1.82, 2.24) is 9.78 Å². The van der Waals surface area contributed by atoms with E-state index in [1.54, 1.807) is 19.2 Å². The van der Waals surface area contributed by atoms with Gasteiger partial charge in [-0.1, -0.05) is 24.3 Å². The van der Waals surface area contributed by atoms with E-state index in [2.05, 4.69) is 10.4 Å². The number of nitrogens with zero attached hydrogens (tertiary/aromatic N) is 3.